The van der Waals surface area contributed by atoms with Crippen LogP contribution in [0.2, 0.25) is 0 Å². The molecule has 0 radical (unpaired) electrons. The van der Waals surface area contributed by atoms with E-state index in [1.807, 2.05) is 29.6 Å². The number of anilines is 1. The number of nitrogens with one attached hydrogen (secondary N) is 1. The summed E-state index contributed by atoms with van der Waals surface area (Å²) in [5, 5.41) is 10.2. The quantitative estimate of drug-likeness (QED) is 0.503. The molecule has 0 aliphatic rings. The largest absolute Gasteiger partial charge is 0.339 e. The van der Waals surface area contributed by atoms with Crippen LogP contribution in [0.25, 0.3) is 10.7 Å². The molecule has 0 atom stereocenters. The molecule has 10 heteroatoms. The molecule has 0 fully saturated rings. The Kier molecular flexibility index (Phi) is 4.97. The van der Waals surface area contributed by atoms with E-state index >= 15 is 0 Å². The van der Waals surface area contributed by atoms with Crippen molar-refractivity contribution in [2.24, 2.45) is 7.05 Å². The molecule has 150 valence electrons. The first-order valence-corrected chi connectivity index (χ1v) is 11.2. The molecule has 4 aromatic rings. The summed E-state index contributed by atoms with van der Waals surface area (Å²) >= 11 is 1.52. The molecule has 4 rings (SSSR count). The van der Waals surface area contributed by atoms with Crippen molar-refractivity contribution in [1.29, 1.82) is 0 Å². The SMILES string of the molecule is Cc1nn(C)c(C)c1S(=O)(=O)Nc1ccccc1Cc1nc(-c2cccs2)no1. The number of para-hydroxylation sites is 1. The molecule has 0 spiro atoms. The van der Waals surface area contributed by atoms with E-state index < -0.39 is 10.0 Å². The highest BCUT2D eigenvalue weighted by atomic mass is 32.2. The third-order valence-corrected chi connectivity index (χ3v) is 7.01. The second-order valence-electron chi connectivity index (χ2n) is 6.55. The summed E-state index contributed by atoms with van der Waals surface area (Å²) in [7, 11) is -2.08. The predicted octanol–water partition coefficient (Wildman–Crippen LogP) is 3.54. The van der Waals surface area contributed by atoms with Crippen LogP contribution in [0.15, 0.2) is 51.2 Å². The zero-order valence-corrected chi connectivity index (χ0v) is 17.7. The smallest absolute Gasteiger partial charge is 0.265 e. The van der Waals surface area contributed by atoms with Crippen LogP contribution >= 0.6 is 11.3 Å². The number of aryl methyl sites for hydroxylation is 2. The monoisotopic (exact) mass is 429 g/mol. The van der Waals surface area contributed by atoms with Crippen molar-refractivity contribution in [3.8, 4) is 10.7 Å². The first kappa shape index (κ1) is 19.3. The molecular weight excluding hydrogens is 410 g/mol. The highest BCUT2D eigenvalue weighted by Gasteiger charge is 2.25. The van der Waals surface area contributed by atoms with E-state index in [4.69, 9.17) is 4.52 Å². The first-order chi connectivity index (χ1) is 13.8. The number of rotatable bonds is 6. The minimum absolute atomic E-state index is 0.188. The van der Waals surface area contributed by atoms with Crippen molar-refractivity contribution in [1.82, 2.24) is 19.9 Å². The van der Waals surface area contributed by atoms with Gasteiger partial charge >= 0.3 is 0 Å². The van der Waals surface area contributed by atoms with E-state index in [0.29, 0.717) is 35.2 Å². The Morgan fingerprint density at radius 1 is 1.17 bits per heavy atom. The summed E-state index contributed by atoms with van der Waals surface area (Å²) in [6, 6.07) is 11.0. The van der Waals surface area contributed by atoms with Crippen LogP contribution in [0.1, 0.15) is 22.8 Å². The molecule has 0 bridgehead atoms. The Morgan fingerprint density at radius 2 is 1.97 bits per heavy atom. The molecule has 0 saturated heterocycles. The van der Waals surface area contributed by atoms with Crippen LogP contribution in [-0.4, -0.2) is 28.3 Å². The lowest BCUT2D eigenvalue weighted by atomic mass is 10.1. The molecule has 0 aliphatic heterocycles. The maximum atomic E-state index is 13.0. The molecule has 29 heavy (non-hydrogen) atoms. The fourth-order valence-corrected chi connectivity index (χ4v) is 5.30. The molecule has 3 aromatic heterocycles. The lowest BCUT2D eigenvalue weighted by Gasteiger charge is -2.12. The molecule has 8 nitrogen and oxygen atoms in total. The van der Waals surface area contributed by atoms with Crippen molar-refractivity contribution in [2.45, 2.75) is 25.2 Å². The standard InChI is InChI=1S/C19H19N5O3S2/c1-12-18(13(2)24(3)21-12)29(25,26)23-15-8-5-4-7-14(15)11-17-20-19(22-27-17)16-9-6-10-28-16/h4-10,23H,11H2,1-3H3. The number of benzene rings is 1. The number of sulfonamides is 1. The van der Waals surface area contributed by atoms with Crippen molar-refractivity contribution >= 4 is 27.0 Å². The Balaban J connectivity index is 1.62. The summed E-state index contributed by atoms with van der Waals surface area (Å²) in [4.78, 5) is 5.52. The number of nitrogens with zero attached hydrogens (tertiary/aromatic N) is 4. The third kappa shape index (κ3) is 3.81. The molecule has 0 saturated carbocycles. The molecule has 0 aliphatic carbocycles. The van der Waals surface area contributed by atoms with Crippen LogP contribution in [0.4, 0.5) is 5.69 Å². The van der Waals surface area contributed by atoms with Gasteiger partial charge in [-0.15, -0.1) is 11.3 Å². The normalized spacial score (nSPS) is 11.7. The Hall–Kier alpha value is -2.98. The van der Waals surface area contributed by atoms with E-state index in [1.54, 1.807) is 37.7 Å². The number of hydrogen-bond acceptors (Lipinski definition) is 7. The molecule has 3 heterocycles. The van der Waals surface area contributed by atoms with E-state index in [2.05, 4.69) is 20.0 Å². The van der Waals surface area contributed by atoms with E-state index in [9.17, 15) is 8.42 Å². The Bertz CT molecular complexity index is 1260. The second-order valence-corrected chi connectivity index (χ2v) is 9.12. The van der Waals surface area contributed by atoms with Crippen LogP contribution in [-0.2, 0) is 23.5 Å². The van der Waals surface area contributed by atoms with Gasteiger partial charge in [-0.3, -0.25) is 9.40 Å². The van der Waals surface area contributed by atoms with Gasteiger partial charge in [0.1, 0.15) is 4.90 Å². The van der Waals surface area contributed by atoms with E-state index in [0.717, 1.165) is 10.4 Å². The van der Waals surface area contributed by atoms with Crippen molar-refractivity contribution in [2.75, 3.05) is 4.72 Å². The zero-order chi connectivity index (χ0) is 20.6. The number of thiophene rings is 1. The fourth-order valence-electron chi connectivity index (χ4n) is 3.11. The maximum absolute atomic E-state index is 13.0. The fraction of sp³-hybridized carbons (Fsp3) is 0.211. The lowest BCUT2D eigenvalue weighted by Crippen LogP contribution is -2.16. The minimum Gasteiger partial charge on any atom is -0.339 e. The Morgan fingerprint density at radius 3 is 2.66 bits per heavy atom. The van der Waals surface area contributed by atoms with Crippen molar-refractivity contribution in [3.05, 3.63) is 64.6 Å². The lowest BCUT2D eigenvalue weighted by molar-refractivity contribution is 0.386. The molecule has 1 aromatic carbocycles. The van der Waals surface area contributed by atoms with Crippen molar-refractivity contribution in [3.63, 3.8) is 0 Å². The van der Waals surface area contributed by atoms with E-state index in [1.165, 1.54) is 11.3 Å². The molecule has 1 N–H and O–H groups in total. The average molecular weight is 430 g/mol. The number of hydrogen-bond donors (Lipinski definition) is 1. The highest BCUT2D eigenvalue weighted by Crippen LogP contribution is 2.26. The summed E-state index contributed by atoms with van der Waals surface area (Å²) in [5.74, 6) is 0.934. The van der Waals surface area contributed by atoms with Gasteiger partial charge in [0.2, 0.25) is 11.7 Å². The summed E-state index contributed by atoms with van der Waals surface area (Å²) in [6.45, 7) is 3.41. The van der Waals surface area contributed by atoms with Crippen LogP contribution in [0, 0.1) is 13.8 Å². The van der Waals surface area contributed by atoms with Crippen LogP contribution < -0.4 is 4.72 Å². The second kappa shape index (κ2) is 7.45. The van der Waals surface area contributed by atoms with Gasteiger partial charge in [-0.25, -0.2) is 8.42 Å². The van der Waals surface area contributed by atoms with Gasteiger partial charge in [0, 0.05) is 7.05 Å². The number of aromatic nitrogens is 4. The van der Waals surface area contributed by atoms with Gasteiger partial charge in [-0.2, -0.15) is 10.1 Å². The van der Waals surface area contributed by atoms with Gasteiger partial charge in [0.05, 0.1) is 28.4 Å². The van der Waals surface area contributed by atoms with Crippen LogP contribution in [0.3, 0.4) is 0 Å². The topological polar surface area (TPSA) is 103 Å². The average Bonchev–Trinajstić information content (AvgIpc) is 3.38. The van der Waals surface area contributed by atoms with Gasteiger partial charge < -0.3 is 4.52 Å². The first-order valence-electron chi connectivity index (χ1n) is 8.82. The van der Waals surface area contributed by atoms with Gasteiger partial charge in [-0.05, 0) is 36.9 Å². The van der Waals surface area contributed by atoms with E-state index in [-0.39, 0.29) is 4.90 Å². The highest BCUT2D eigenvalue weighted by molar-refractivity contribution is 7.92. The maximum Gasteiger partial charge on any atom is 0.265 e. The Labute approximate surface area is 172 Å². The van der Waals surface area contributed by atoms with Gasteiger partial charge in [0.15, 0.2) is 0 Å². The zero-order valence-electron chi connectivity index (χ0n) is 16.1. The summed E-state index contributed by atoms with van der Waals surface area (Å²) in [5.41, 5.74) is 2.22. The van der Waals surface area contributed by atoms with Crippen molar-refractivity contribution < 1.29 is 12.9 Å². The minimum atomic E-state index is -3.80. The van der Waals surface area contributed by atoms with Crippen LogP contribution in [0.5, 0.6) is 0 Å². The van der Waals surface area contributed by atoms with Gasteiger partial charge in [-0.1, -0.05) is 29.4 Å². The summed E-state index contributed by atoms with van der Waals surface area (Å²) in [6.07, 6.45) is 0.308. The third-order valence-electron chi connectivity index (χ3n) is 4.52. The summed E-state index contributed by atoms with van der Waals surface area (Å²) < 4.78 is 35.6. The predicted molar refractivity (Wildman–Crippen MR) is 110 cm³/mol. The molecule has 0 unspecified atom stereocenters. The van der Waals surface area contributed by atoms with Gasteiger partial charge in [0.25, 0.3) is 10.0 Å². The molecular formula is C19H19N5O3S2. The molecule has 0 amide bonds.